The second-order valence-electron chi connectivity index (χ2n) is 5.61. The molecule has 0 aromatic heterocycles. The van der Waals surface area contributed by atoms with E-state index in [0.717, 1.165) is 25.2 Å². The first-order valence-electron chi connectivity index (χ1n) is 6.73. The SMILES string of the molecule is COc1ccc(CN2CCC(C)(C(=O)O)CC2)cc1Cl. The Bertz CT molecular complexity index is 496. The smallest absolute Gasteiger partial charge is 0.309 e. The second-order valence-corrected chi connectivity index (χ2v) is 6.02. The fourth-order valence-corrected chi connectivity index (χ4v) is 2.77. The van der Waals surface area contributed by atoms with Crippen LogP contribution in [0, 0.1) is 5.41 Å². The monoisotopic (exact) mass is 297 g/mol. The van der Waals surface area contributed by atoms with Gasteiger partial charge in [0.15, 0.2) is 0 Å². The molecule has 110 valence electrons. The summed E-state index contributed by atoms with van der Waals surface area (Å²) in [7, 11) is 1.60. The summed E-state index contributed by atoms with van der Waals surface area (Å²) in [5.74, 6) is -0.0165. The summed E-state index contributed by atoms with van der Waals surface area (Å²) in [5, 5.41) is 9.83. The molecule has 5 heteroatoms. The lowest BCUT2D eigenvalue weighted by atomic mass is 9.80. The van der Waals surface area contributed by atoms with E-state index in [1.807, 2.05) is 25.1 Å². The van der Waals surface area contributed by atoms with Crippen LogP contribution in [0.2, 0.25) is 5.02 Å². The number of methoxy groups -OCH3 is 1. The lowest BCUT2D eigenvalue weighted by Gasteiger charge is -2.36. The number of piperidine rings is 1. The zero-order valence-corrected chi connectivity index (χ0v) is 12.6. The van der Waals surface area contributed by atoms with Crippen molar-refractivity contribution in [2.75, 3.05) is 20.2 Å². The van der Waals surface area contributed by atoms with Gasteiger partial charge >= 0.3 is 5.97 Å². The Morgan fingerprint density at radius 1 is 1.45 bits per heavy atom. The summed E-state index contributed by atoms with van der Waals surface area (Å²) in [5.41, 5.74) is 0.545. The molecular weight excluding hydrogens is 278 g/mol. The minimum Gasteiger partial charge on any atom is -0.495 e. The Morgan fingerprint density at radius 2 is 2.10 bits per heavy atom. The zero-order valence-electron chi connectivity index (χ0n) is 11.9. The summed E-state index contributed by atoms with van der Waals surface area (Å²) in [6, 6.07) is 5.77. The molecule has 0 bridgehead atoms. The van der Waals surface area contributed by atoms with Crippen LogP contribution in [0.15, 0.2) is 18.2 Å². The van der Waals surface area contributed by atoms with Crippen LogP contribution in [0.1, 0.15) is 25.3 Å². The van der Waals surface area contributed by atoms with Gasteiger partial charge in [0.2, 0.25) is 0 Å². The van der Waals surface area contributed by atoms with Gasteiger partial charge in [-0.25, -0.2) is 0 Å². The van der Waals surface area contributed by atoms with Crippen LogP contribution in [0.4, 0.5) is 0 Å². The third-order valence-electron chi connectivity index (χ3n) is 4.10. The van der Waals surface area contributed by atoms with Crippen LogP contribution in [0.5, 0.6) is 5.75 Å². The molecule has 1 aromatic carbocycles. The van der Waals surface area contributed by atoms with Crippen molar-refractivity contribution in [1.29, 1.82) is 0 Å². The molecule has 0 amide bonds. The fraction of sp³-hybridized carbons (Fsp3) is 0.533. The number of hydrogen-bond acceptors (Lipinski definition) is 3. The Morgan fingerprint density at radius 3 is 2.60 bits per heavy atom. The number of carbonyl (C=O) groups is 1. The predicted molar refractivity (Wildman–Crippen MR) is 78.3 cm³/mol. The number of rotatable bonds is 4. The van der Waals surface area contributed by atoms with Crippen LogP contribution in [0.3, 0.4) is 0 Å². The van der Waals surface area contributed by atoms with Crippen LogP contribution < -0.4 is 4.74 Å². The lowest BCUT2D eigenvalue weighted by Crippen LogP contribution is -2.42. The van der Waals surface area contributed by atoms with E-state index in [-0.39, 0.29) is 0 Å². The number of hydrogen-bond donors (Lipinski definition) is 1. The van der Waals surface area contributed by atoms with Crippen molar-refractivity contribution in [2.45, 2.75) is 26.3 Å². The highest BCUT2D eigenvalue weighted by atomic mass is 35.5. The highest BCUT2D eigenvalue weighted by Crippen LogP contribution is 2.32. The number of likely N-dealkylation sites (tertiary alicyclic amines) is 1. The predicted octanol–water partition coefficient (Wildman–Crippen LogP) is 3.04. The second kappa shape index (κ2) is 6.02. The molecule has 1 saturated heterocycles. The van der Waals surface area contributed by atoms with Gasteiger partial charge in [0.25, 0.3) is 0 Å². The summed E-state index contributed by atoms with van der Waals surface area (Å²) in [6.07, 6.45) is 1.37. The molecule has 1 N–H and O–H groups in total. The first kappa shape index (κ1) is 15.1. The Balaban J connectivity index is 1.96. The molecule has 0 aliphatic carbocycles. The quantitative estimate of drug-likeness (QED) is 0.928. The van der Waals surface area contributed by atoms with E-state index in [2.05, 4.69) is 4.90 Å². The van der Waals surface area contributed by atoms with E-state index in [1.165, 1.54) is 0 Å². The van der Waals surface area contributed by atoms with Gasteiger partial charge in [0, 0.05) is 6.54 Å². The molecule has 0 unspecified atom stereocenters. The van der Waals surface area contributed by atoms with Gasteiger partial charge in [0.1, 0.15) is 5.75 Å². The molecule has 0 saturated carbocycles. The number of aliphatic carboxylic acids is 1. The average Bonchev–Trinajstić information content (AvgIpc) is 2.42. The standard InChI is InChI=1S/C15H20ClNO3/c1-15(14(18)19)5-7-17(8-6-15)10-11-3-4-13(20-2)12(16)9-11/h3-4,9H,5-8,10H2,1-2H3,(H,18,19). The van der Waals surface area contributed by atoms with Crippen molar-refractivity contribution >= 4 is 17.6 Å². The molecular formula is C15H20ClNO3. The van der Waals surface area contributed by atoms with E-state index in [4.69, 9.17) is 16.3 Å². The Labute approximate surface area is 124 Å². The zero-order chi connectivity index (χ0) is 14.8. The molecule has 2 rings (SSSR count). The summed E-state index contributed by atoms with van der Waals surface area (Å²) >= 11 is 6.11. The maximum absolute atomic E-state index is 11.2. The number of ether oxygens (including phenoxy) is 1. The molecule has 1 fully saturated rings. The molecule has 0 atom stereocenters. The van der Waals surface area contributed by atoms with Gasteiger partial charge in [-0.15, -0.1) is 0 Å². The van der Waals surface area contributed by atoms with Gasteiger partial charge in [0.05, 0.1) is 17.5 Å². The number of nitrogens with zero attached hydrogens (tertiary/aromatic N) is 1. The van der Waals surface area contributed by atoms with Crippen molar-refractivity contribution in [1.82, 2.24) is 4.90 Å². The average molecular weight is 298 g/mol. The van der Waals surface area contributed by atoms with E-state index < -0.39 is 11.4 Å². The first-order valence-corrected chi connectivity index (χ1v) is 7.10. The van der Waals surface area contributed by atoms with Gasteiger partial charge in [-0.05, 0) is 50.6 Å². The van der Waals surface area contributed by atoms with E-state index >= 15 is 0 Å². The number of carboxylic acid groups (broad SMARTS) is 1. The maximum Gasteiger partial charge on any atom is 0.309 e. The highest BCUT2D eigenvalue weighted by molar-refractivity contribution is 6.32. The molecule has 4 nitrogen and oxygen atoms in total. The van der Waals surface area contributed by atoms with Crippen LogP contribution in [0.25, 0.3) is 0 Å². The van der Waals surface area contributed by atoms with E-state index in [9.17, 15) is 9.90 Å². The summed E-state index contributed by atoms with van der Waals surface area (Å²) in [6.45, 7) is 4.22. The van der Waals surface area contributed by atoms with Crippen LogP contribution >= 0.6 is 11.6 Å². The van der Waals surface area contributed by atoms with Gasteiger partial charge in [-0.1, -0.05) is 17.7 Å². The summed E-state index contributed by atoms with van der Waals surface area (Å²) < 4.78 is 5.13. The van der Waals surface area contributed by atoms with Crippen LogP contribution in [-0.2, 0) is 11.3 Å². The Kier molecular flexibility index (Phi) is 4.55. The molecule has 20 heavy (non-hydrogen) atoms. The molecule has 1 heterocycles. The first-order chi connectivity index (χ1) is 9.44. The molecule has 1 aliphatic heterocycles. The van der Waals surface area contributed by atoms with Gasteiger partial charge in [-0.3, -0.25) is 9.69 Å². The minimum atomic E-state index is -0.690. The minimum absolute atomic E-state index is 0.575. The third-order valence-corrected chi connectivity index (χ3v) is 4.39. The maximum atomic E-state index is 11.2. The lowest BCUT2D eigenvalue weighted by molar-refractivity contribution is -0.150. The largest absolute Gasteiger partial charge is 0.495 e. The number of benzene rings is 1. The van der Waals surface area contributed by atoms with Crippen molar-refractivity contribution in [3.05, 3.63) is 28.8 Å². The molecule has 1 aliphatic rings. The van der Waals surface area contributed by atoms with E-state index in [0.29, 0.717) is 23.6 Å². The third kappa shape index (κ3) is 3.25. The fourth-order valence-electron chi connectivity index (χ4n) is 2.48. The summed E-state index contributed by atoms with van der Waals surface area (Å²) in [4.78, 5) is 13.5. The number of carboxylic acids is 1. The van der Waals surface area contributed by atoms with Crippen LogP contribution in [-0.4, -0.2) is 36.2 Å². The Hall–Kier alpha value is -1.26. The van der Waals surface area contributed by atoms with Gasteiger partial charge in [-0.2, -0.15) is 0 Å². The molecule has 0 radical (unpaired) electrons. The highest BCUT2D eigenvalue weighted by Gasteiger charge is 2.36. The molecule has 1 aromatic rings. The molecule has 0 spiro atoms. The number of halogens is 1. The van der Waals surface area contributed by atoms with Crippen molar-refractivity contribution in [3.63, 3.8) is 0 Å². The topological polar surface area (TPSA) is 49.8 Å². The van der Waals surface area contributed by atoms with Crippen molar-refractivity contribution in [3.8, 4) is 5.75 Å². The van der Waals surface area contributed by atoms with Crippen molar-refractivity contribution < 1.29 is 14.6 Å². The van der Waals surface area contributed by atoms with Crippen molar-refractivity contribution in [2.24, 2.45) is 5.41 Å². The van der Waals surface area contributed by atoms with E-state index in [1.54, 1.807) is 7.11 Å². The normalized spacial score (nSPS) is 18.8. The van der Waals surface area contributed by atoms with Gasteiger partial charge < -0.3 is 9.84 Å².